The molecule has 0 saturated carbocycles. The summed E-state index contributed by atoms with van der Waals surface area (Å²) in [5, 5.41) is 9.90. The van der Waals surface area contributed by atoms with Crippen molar-refractivity contribution in [1.82, 2.24) is 0 Å². The molecule has 0 aliphatic carbocycles. The van der Waals surface area contributed by atoms with Crippen LogP contribution in [-0.2, 0) is 23.1 Å². The molecule has 284 valence electrons. The summed E-state index contributed by atoms with van der Waals surface area (Å²) in [4.78, 5) is 21.6. The molecule has 0 radical (unpaired) electrons. The molecule has 2 unspecified atom stereocenters. The lowest BCUT2D eigenvalue weighted by atomic mass is 10.0. The molecule has 0 aromatic carbocycles. The van der Waals surface area contributed by atoms with Crippen molar-refractivity contribution in [3.8, 4) is 0 Å². The first-order valence-corrected chi connectivity index (χ1v) is 20.6. The van der Waals surface area contributed by atoms with Gasteiger partial charge < -0.3 is 19.2 Å². The normalized spacial score (nSPS) is 14.7. The van der Waals surface area contributed by atoms with Crippen LogP contribution in [-0.4, -0.2) is 74.1 Å². The van der Waals surface area contributed by atoms with Crippen LogP contribution in [0, 0.1) is 0 Å². The van der Waals surface area contributed by atoms with Crippen LogP contribution < -0.4 is 0 Å². The summed E-state index contributed by atoms with van der Waals surface area (Å²) in [6.45, 7) is 2.02. The number of quaternary nitrogens is 1. The lowest BCUT2D eigenvalue weighted by Gasteiger charge is -2.24. The van der Waals surface area contributed by atoms with Gasteiger partial charge in [-0.2, -0.15) is 0 Å². The summed E-state index contributed by atoms with van der Waals surface area (Å²) in [5.74, 6) is -0.375. The second-order valence-corrected chi connectivity index (χ2v) is 15.2. The first-order valence-electron chi connectivity index (χ1n) is 19.1. The number of aliphatic hydroxyl groups is 1. The van der Waals surface area contributed by atoms with Crippen LogP contribution in [0.2, 0.25) is 0 Å². The third-order valence-electron chi connectivity index (χ3n) is 7.79. The summed E-state index contributed by atoms with van der Waals surface area (Å²) in [6, 6.07) is 0. The lowest BCUT2D eigenvalue weighted by molar-refractivity contribution is -0.870. The van der Waals surface area contributed by atoms with Crippen molar-refractivity contribution in [3.63, 3.8) is 0 Å². The van der Waals surface area contributed by atoms with Gasteiger partial charge >= 0.3 is 13.8 Å². The molecule has 2 atom stereocenters. The highest BCUT2D eigenvalue weighted by Crippen LogP contribution is 2.43. The van der Waals surface area contributed by atoms with Crippen molar-refractivity contribution < 1.29 is 37.6 Å². The number of hydrogen-bond acceptors (Lipinski definition) is 6. The van der Waals surface area contributed by atoms with Gasteiger partial charge in [-0.25, -0.2) is 4.57 Å². The second-order valence-electron chi connectivity index (χ2n) is 13.8. The first-order chi connectivity index (χ1) is 23.6. The zero-order valence-corrected chi connectivity index (χ0v) is 32.5. The maximum Gasteiger partial charge on any atom is 0.472 e. The second kappa shape index (κ2) is 33.3. The average Bonchev–Trinajstić information content (AvgIpc) is 3.05. The molecule has 0 aliphatic heterocycles. The Morgan fingerprint density at radius 2 is 1.06 bits per heavy atom. The van der Waals surface area contributed by atoms with Crippen LogP contribution >= 0.6 is 7.82 Å². The number of phosphoric acid groups is 1. The van der Waals surface area contributed by atoms with Gasteiger partial charge in [0.05, 0.1) is 27.7 Å². The fraction of sp³-hybridized carbons (Fsp3) is 0.725. The van der Waals surface area contributed by atoms with Gasteiger partial charge in [0.2, 0.25) is 0 Å². The number of unbranched alkanes of at least 4 members (excludes halogenated alkanes) is 13. The number of ether oxygens (including phenoxy) is 1. The number of carbonyl (C=O) groups is 1. The summed E-state index contributed by atoms with van der Waals surface area (Å²) in [7, 11) is 1.56. The summed E-state index contributed by atoms with van der Waals surface area (Å²) < 4.78 is 27.2. The number of phosphoric ester groups is 1. The van der Waals surface area contributed by atoms with Gasteiger partial charge in [-0.15, -0.1) is 0 Å². The summed E-state index contributed by atoms with van der Waals surface area (Å²) >= 11 is 0. The van der Waals surface area contributed by atoms with E-state index in [1.54, 1.807) is 0 Å². The quantitative estimate of drug-likeness (QED) is 0.0225. The predicted molar refractivity (Wildman–Crippen MR) is 205 cm³/mol. The van der Waals surface area contributed by atoms with Crippen molar-refractivity contribution in [2.45, 2.75) is 141 Å². The minimum Gasteiger partial charge on any atom is -0.463 e. The van der Waals surface area contributed by atoms with E-state index in [9.17, 15) is 19.4 Å². The van der Waals surface area contributed by atoms with E-state index in [1.807, 2.05) is 21.1 Å². The number of allylic oxidation sites excluding steroid dienone is 10. The van der Waals surface area contributed by atoms with Crippen LogP contribution in [0.1, 0.15) is 135 Å². The zero-order valence-electron chi connectivity index (χ0n) is 31.7. The van der Waals surface area contributed by atoms with E-state index in [1.165, 1.54) is 70.6 Å². The minimum absolute atomic E-state index is 0.0523. The monoisotopic (exact) mass is 711 g/mol. The van der Waals surface area contributed by atoms with Crippen molar-refractivity contribution >= 4 is 13.8 Å². The van der Waals surface area contributed by atoms with Crippen molar-refractivity contribution in [2.24, 2.45) is 0 Å². The van der Waals surface area contributed by atoms with Crippen molar-refractivity contribution in [3.05, 3.63) is 60.8 Å². The van der Waals surface area contributed by atoms with Crippen LogP contribution in [0.4, 0.5) is 0 Å². The van der Waals surface area contributed by atoms with Gasteiger partial charge in [0.25, 0.3) is 0 Å². The molecular weight excluding hydrogens is 637 g/mol. The molecule has 0 saturated heterocycles. The number of esters is 1. The van der Waals surface area contributed by atoms with Crippen LogP contribution in [0.15, 0.2) is 60.8 Å². The molecule has 8 nitrogen and oxygen atoms in total. The molecule has 0 heterocycles. The Kier molecular flexibility index (Phi) is 32.1. The van der Waals surface area contributed by atoms with Crippen LogP contribution in [0.3, 0.4) is 0 Å². The first kappa shape index (κ1) is 47.2. The molecule has 0 aromatic rings. The molecule has 2 N–H and O–H groups in total. The number of rotatable bonds is 34. The lowest BCUT2D eigenvalue weighted by Crippen LogP contribution is -2.37. The molecule has 0 rings (SSSR count). The van der Waals surface area contributed by atoms with Crippen molar-refractivity contribution in [1.29, 1.82) is 0 Å². The topological polar surface area (TPSA) is 102 Å². The van der Waals surface area contributed by atoms with Gasteiger partial charge in [-0.05, 0) is 51.4 Å². The van der Waals surface area contributed by atoms with Gasteiger partial charge in [-0.3, -0.25) is 13.8 Å². The van der Waals surface area contributed by atoms with Gasteiger partial charge in [0.1, 0.15) is 25.9 Å². The van der Waals surface area contributed by atoms with Crippen LogP contribution in [0.5, 0.6) is 0 Å². The van der Waals surface area contributed by atoms with Gasteiger partial charge in [0.15, 0.2) is 0 Å². The molecule has 0 amide bonds. The molecule has 0 fully saturated rings. The van der Waals surface area contributed by atoms with Gasteiger partial charge in [-0.1, -0.05) is 138 Å². The predicted octanol–water partition coefficient (Wildman–Crippen LogP) is 10.3. The molecular formula is C40H73NO7P+. The van der Waals surface area contributed by atoms with E-state index in [2.05, 4.69) is 67.7 Å². The van der Waals surface area contributed by atoms with Gasteiger partial charge in [0, 0.05) is 6.42 Å². The highest BCUT2D eigenvalue weighted by molar-refractivity contribution is 7.47. The standard InChI is InChI=1S/C40H72NO7P/c1-5-6-7-8-9-10-11-12-13-14-15-16-17-18-19-20-21-22-23-24-25-26-27-28-29-30-31-32-33-34-40(43)46-37-39(42)38-48-49(44,45)47-36-35-41(2,3)4/h6-7,9-10,12-13,15-16,18-19,39,42H,5,8,11,14,17,20-38H2,1-4H3/p+1/b7-6-,10-9-,13-12-,16-15-,19-18-. The summed E-state index contributed by atoms with van der Waals surface area (Å²) in [6.07, 6.45) is 43.9. The fourth-order valence-corrected chi connectivity index (χ4v) is 5.55. The molecule has 49 heavy (non-hydrogen) atoms. The molecule has 0 spiro atoms. The van der Waals surface area contributed by atoms with E-state index >= 15 is 0 Å². The Hall–Kier alpha value is -1.80. The number of aliphatic hydroxyl groups excluding tert-OH is 1. The third kappa shape index (κ3) is 38.9. The molecule has 0 aliphatic rings. The maximum atomic E-state index is 11.9. The Labute approximate surface area is 300 Å². The molecule has 0 bridgehead atoms. The smallest absolute Gasteiger partial charge is 0.463 e. The van der Waals surface area contributed by atoms with Crippen LogP contribution in [0.25, 0.3) is 0 Å². The minimum atomic E-state index is -4.25. The largest absolute Gasteiger partial charge is 0.472 e. The number of nitrogens with zero attached hydrogens (tertiary/aromatic N) is 1. The Balaban J connectivity index is 3.47. The van der Waals surface area contributed by atoms with Crippen molar-refractivity contribution in [2.75, 3.05) is 47.5 Å². The highest BCUT2D eigenvalue weighted by Gasteiger charge is 2.24. The van der Waals surface area contributed by atoms with E-state index in [4.69, 9.17) is 13.8 Å². The maximum absolute atomic E-state index is 11.9. The number of carbonyl (C=O) groups excluding carboxylic acids is 1. The SMILES string of the molecule is CC/C=C\C/C=C\C/C=C\C/C=C\C/C=C\CCCCCCCCCCCCCCCC(=O)OCC(O)COP(=O)(O)OCC[N+](C)(C)C. The fourth-order valence-electron chi connectivity index (χ4n) is 4.80. The highest BCUT2D eigenvalue weighted by atomic mass is 31.2. The van der Waals surface area contributed by atoms with E-state index in [0.29, 0.717) is 17.4 Å². The zero-order chi connectivity index (χ0) is 36.3. The Morgan fingerprint density at radius 1 is 0.633 bits per heavy atom. The third-order valence-corrected chi connectivity index (χ3v) is 8.78. The van der Waals surface area contributed by atoms with E-state index in [-0.39, 0.29) is 19.2 Å². The average molecular weight is 711 g/mol. The Bertz CT molecular complexity index is 968. The van der Waals surface area contributed by atoms with E-state index < -0.39 is 20.5 Å². The summed E-state index contributed by atoms with van der Waals surface area (Å²) in [5.41, 5.74) is 0. The number of hydrogen-bond donors (Lipinski definition) is 2. The van der Waals surface area contributed by atoms with E-state index in [0.717, 1.165) is 51.4 Å². The molecule has 9 heteroatoms. The Morgan fingerprint density at radius 3 is 1.53 bits per heavy atom. The molecule has 0 aromatic heterocycles. The number of likely N-dealkylation sites (N-methyl/N-ethyl adjacent to an activating group) is 1.